The maximum Gasteiger partial charge on any atom is 0.207 e. The molecule has 0 aliphatic rings. The Morgan fingerprint density at radius 3 is 2.83 bits per heavy atom. The number of hydrogen-bond donors (Lipinski definition) is 1. The lowest BCUT2D eigenvalue weighted by atomic mass is 10.2. The Hall–Kier alpha value is -1.45. The van der Waals surface area contributed by atoms with E-state index in [2.05, 4.69) is 5.32 Å². The first-order valence-electron chi connectivity index (χ1n) is 3.35. The van der Waals surface area contributed by atoms with Crippen molar-refractivity contribution in [1.29, 1.82) is 0 Å². The summed E-state index contributed by atoms with van der Waals surface area (Å²) in [6, 6.07) is 3.83. The van der Waals surface area contributed by atoms with Crippen LogP contribution >= 0.6 is 0 Å². The van der Waals surface area contributed by atoms with Gasteiger partial charge in [0.1, 0.15) is 0 Å². The second-order valence-electron chi connectivity index (χ2n) is 2.21. The second kappa shape index (κ2) is 3.80. The van der Waals surface area contributed by atoms with Gasteiger partial charge in [0.15, 0.2) is 11.6 Å². The fraction of sp³-hybridized carbons (Fsp3) is 0.125. The molecule has 1 aromatic carbocycles. The monoisotopic (exact) mass is 171 g/mol. The van der Waals surface area contributed by atoms with Crippen LogP contribution in [-0.4, -0.2) is 6.41 Å². The molecule has 0 fully saturated rings. The van der Waals surface area contributed by atoms with Crippen molar-refractivity contribution < 1.29 is 13.6 Å². The van der Waals surface area contributed by atoms with E-state index in [1.807, 2.05) is 0 Å². The highest BCUT2D eigenvalue weighted by molar-refractivity contribution is 5.46. The number of carbonyl (C=O) groups excluding carboxylic acids is 1. The van der Waals surface area contributed by atoms with E-state index in [0.717, 1.165) is 6.07 Å². The highest BCUT2D eigenvalue weighted by Crippen LogP contribution is 2.10. The van der Waals surface area contributed by atoms with Crippen molar-refractivity contribution in [2.45, 2.75) is 6.54 Å². The Bertz CT molecular complexity index is 288. The predicted octanol–water partition coefficient (Wildman–Crippen LogP) is 1.21. The molecule has 0 radical (unpaired) electrons. The summed E-state index contributed by atoms with van der Waals surface area (Å²) in [5.41, 5.74) is 0.141. The van der Waals surface area contributed by atoms with Crippen LogP contribution < -0.4 is 5.32 Å². The first-order valence-corrected chi connectivity index (χ1v) is 3.35. The molecule has 0 aromatic heterocycles. The number of benzene rings is 1. The molecule has 1 amide bonds. The van der Waals surface area contributed by atoms with E-state index < -0.39 is 11.6 Å². The summed E-state index contributed by atoms with van der Waals surface area (Å²) < 4.78 is 25.3. The summed E-state index contributed by atoms with van der Waals surface area (Å²) in [6.07, 6.45) is 0.435. The number of amides is 1. The molecule has 4 heteroatoms. The normalized spacial score (nSPS) is 9.50. The molecule has 1 N–H and O–H groups in total. The molecule has 0 spiro atoms. The van der Waals surface area contributed by atoms with E-state index in [4.69, 9.17) is 0 Å². The quantitative estimate of drug-likeness (QED) is 0.680. The van der Waals surface area contributed by atoms with Crippen LogP contribution in [-0.2, 0) is 11.3 Å². The number of hydrogen-bond acceptors (Lipinski definition) is 1. The van der Waals surface area contributed by atoms with E-state index in [1.165, 1.54) is 12.1 Å². The van der Waals surface area contributed by atoms with Crippen molar-refractivity contribution in [2.24, 2.45) is 0 Å². The van der Waals surface area contributed by atoms with Gasteiger partial charge >= 0.3 is 0 Å². The van der Waals surface area contributed by atoms with Crippen molar-refractivity contribution in [3.8, 4) is 0 Å². The van der Waals surface area contributed by atoms with Crippen molar-refractivity contribution >= 4 is 6.41 Å². The van der Waals surface area contributed by atoms with E-state index >= 15 is 0 Å². The summed E-state index contributed by atoms with van der Waals surface area (Å²) in [5.74, 6) is -1.81. The number of halogens is 2. The minimum Gasteiger partial charge on any atom is -0.354 e. The van der Waals surface area contributed by atoms with E-state index in [0.29, 0.717) is 6.41 Å². The van der Waals surface area contributed by atoms with Crippen LogP contribution in [0.15, 0.2) is 18.2 Å². The zero-order valence-electron chi connectivity index (χ0n) is 6.18. The van der Waals surface area contributed by atoms with Crippen LogP contribution in [0.2, 0.25) is 0 Å². The van der Waals surface area contributed by atoms with Gasteiger partial charge in [0.25, 0.3) is 0 Å². The highest BCUT2D eigenvalue weighted by atomic mass is 19.2. The van der Waals surface area contributed by atoms with Gasteiger partial charge in [-0.15, -0.1) is 0 Å². The smallest absolute Gasteiger partial charge is 0.207 e. The van der Waals surface area contributed by atoms with Gasteiger partial charge in [-0.3, -0.25) is 4.79 Å². The molecule has 2 nitrogen and oxygen atoms in total. The average Bonchev–Trinajstić information content (AvgIpc) is 2.08. The van der Waals surface area contributed by atoms with Crippen LogP contribution in [0.3, 0.4) is 0 Å². The van der Waals surface area contributed by atoms with Crippen molar-refractivity contribution in [3.63, 3.8) is 0 Å². The van der Waals surface area contributed by atoms with Gasteiger partial charge in [-0.05, 0) is 6.07 Å². The van der Waals surface area contributed by atoms with E-state index in [-0.39, 0.29) is 12.1 Å². The topological polar surface area (TPSA) is 29.1 Å². The first-order chi connectivity index (χ1) is 5.75. The Morgan fingerprint density at radius 1 is 1.42 bits per heavy atom. The molecule has 1 rings (SSSR count). The van der Waals surface area contributed by atoms with Crippen LogP contribution in [0.1, 0.15) is 5.56 Å². The lowest BCUT2D eigenvalue weighted by Crippen LogP contribution is -2.11. The van der Waals surface area contributed by atoms with Gasteiger partial charge in [-0.25, -0.2) is 8.78 Å². The fourth-order valence-electron chi connectivity index (χ4n) is 0.837. The lowest BCUT2D eigenvalue weighted by molar-refractivity contribution is -0.109. The van der Waals surface area contributed by atoms with Gasteiger partial charge in [-0.2, -0.15) is 0 Å². The summed E-state index contributed by atoms with van der Waals surface area (Å²) >= 11 is 0. The van der Waals surface area contributed by atoms with Crippen molar-refractivity contribution in [2.75, 3.05) is 0 Å². The summed E-state index contributed by atoms with van der Waals surface area (Å²) in [5, 5.41) is 2.25. The molecule has 1 aromatic rings. The first kappa shape index (κ1) is 8.64. The largest absolute Gasteiger partial charge is 0.354 e. The third kappa shape index (κ3) is 1.78. The zero-order valence-corrected chi connectivity index (χ0v) is 6.18. The minimum absolute atomic E-state index is 0.00704. The molecular formula is C8H7F2NO. The average molecular weight is 171 g/mol. The molecule has 12 heavy (non-hydrogen) atoms. The van der Waals surface area contributed by atoms with Gasteiger partial charge in [0, 0.05) is 12.1 Å². The number of nitrogens with one attached hydrogen (secondary N) is 1. The van der Waals surface area contributed by atoms with Gasteiger partial charge in [-0.1, -0.05) is 12.1 Å². The maximum atomic E-state index is 12.8. The standard InChI is InChI=1S/C8H7F2NO/c9-7-3-1-2-6(8(7)10)4-11-5-12/h1-3,5H,4H2,(H,11,12). The van der Waals surface area contributed by atoms with E-state index in [1.54, 1.807) is 0 Å². The summed E-state index contributed by atoms with van der Waals surface area (Å²) in [7, 11) is 0. The van der Waals surface area contributed by atoms with Crippen LogP contribution in [0.5, 0.6) is 0 Å². The third-order valence-corrected chi connectivity index (χ3v) is 1.41. The molecule has 0 bridgehead atoms. The predicted molar refractivity (Wildman–Crippen MR) is 39.3 cm³/mol. The number of carbonyl (C=O) groups is 1. The molecule has 0 heterocycles. The maximum absolute atomic E-state index is 12.8. The molecule has 0 aliphatic heterocycles. The van der Waals surface area contributed by atoms with Crippen molar-refractivity contribution in [3.05, 3.63) is 35.4 Å². The van der Waals surface area contributed by atoms with E-state index in [9.17, 15) is 13.6 Å². The van der Waals surface area contributed by atoms with Crippen LogP contribution in [0.4, 0.5) is 8.78 Å². The number of rotatable bonds is 3. The molecule has 0 saturated heterocycles. The Morgan fingerprint density at radius 2 is 2.17 bits per heavy atom. The fourth-order valence-corrected chi connectivity index (χ4v) is 0.837. The third-order valence-electron chi connectivity index (χ3n) is 1.41. The van der Waals surface area contributed by atoms with Crippen LogP contribution in [0, 0.1) is 11.6 Å². The Balaban J connectivity index is 2.84. The minimum atomic E-state index is -0.910. The Kier molecular flexibility index (Phi) is 2.74. The highest BCUT2D eigenvalue weighted by Gasteiger charge is 2.05. The Labute approximate surface area is 68.2 Å². The molecular weight excluding hydrogens is 164 g/mol. The molecule has 0 atom stereocenters. The SMILES string of the molecule is O=CNCc1cccc(F)c1F. The zero-order chi connectivity index (χ0) is 8.97. The summed E-state index contributed by atoms with van der Waals surface area (Å²) in [4.78, 5) is 9.85. The second-order valence-corrected chi connectivity index (χ2v) is 2.21. The lowest BCUT2D eigenvalue weighted by Gasteiger charge is -2.01. The molecule has 0 saturated carbocycles. The molecule has 0 aliphatic carbocycles. The van der Waals surface area contributed by atoms with Crippen LogP contribution in [0.25, 0.3) is 0 Å². The molecule has 64 valence electrons. The van der Waals surface area contributed by atoms with Gasteiger partial charge in [0.05, 0.1) is 0 Å². The molecule has 0 unspecified atom stereocenters. The van der Waals surface area contributed by atoms with Gasteiger partial charge in [0.2, 0.25) is 6.41 Å². The van der Waals surface area contributed by atoms with Gasteiger partial charge < -0.3 is 5.32 Å². The summed E-state index contributed by atoms with van der Waals surface area (Å²) in [6.45, 7) is 0.00704. The van der Waals surface area contributed by atoms with Crippen molar-refractivity contribution in [1.82, 2.24) is 5.32 Å².